The molecule has 0 aliphatic heterocycles. The Bertz CT molecular complexity index is 1320. The van der Waals surface area contributed by atoms with E-state index in [0.29, 0.717) is 21.6 Å². The number of fused-ring (bicyclic) bond motifs is 1. The van der Waals surface area contributed by atoms with Crippen LogP contribution in [0, 0.1) is 17.1 Å². The minimum absolute atomic E-state index is 0.0805. The maximum Gasteiger partial charge on any atom is 0.262 e. The standard InChI is InChI=1S/C24H16BrFN4O2/c25-17-7-10-20(19(26)12-17)28-23(31)14-32-18-8-5-15(6-9-18)11-16(13-27)24-29-21-3-1-2-4-22(21)30-24/h1-12H,14H2,(H,28,31)(H,29,30)/b16-11+. The maximum absolute atomic E-state index is 13.8. The van der Waals surface area contributed by atoms with Crippen molar-refractivity contribution in [1.82, 2.24) is 9.97 Å². The third-order valence-corrected chi connectivity index (χ3v) is 5.02. The number of nitrogens with zero attached hydrogens (tertiary/aromatic N) is 2. The van der Waals surface area contributed by atoms with Crippen molar-refractivity contribution in [2.75, 3.05) is 11.9 Å². The number of halogens is 2. The molecule has 0 bridgehead atoms. The summed E-state index contributed by atoms with van der Waals surface area (Å²) in [6.45, 7) is -0.271. The number of rotatable bonds is 6. The van der Waals surface area contributed by atoms with Crippen molar-refractivity contribution in [3.63, 3.8) is 0 Å². The van der Waals surface area contributed by atoms with E-state index in [1.54, 1.807) is 36.4 Å². The fourth-order valence-corrected chi connectivity index (χ4v) is 3.32. The molecule has 0 aliphatic rings. The monoisotopic (exact) mass is 490 g/mol. The molecule has 0 spiro atoms. The summed E-state index contributed by atoms with van der Waals surface area (Å²) in [5.74, 6) is -0.0600. The van der Waals surface area contributed by atoms with Gasteiger partial charge in [0.1, 0.15) is 23.5 Å². The van der Waals surface area contributed by atoms with Crippen LogP contribution in [0.25, 0.3) is 22.7 Å². The average molecular weight is 491 g/mol. The molecule has 8 heteroatoms. The van der Waals surface area contributed by atoms with Crippen molar-refractivity contribution in [2.45, 2.75) is 0 Å². The van der Waals surface area contributed by atoms with E-state index >= 15 is 0 Å². The van der Waals surface area contributed by atoms with Gasteiger partial charge in [-0.2, -0.15) is 5.26 Å². The van der Waals surface area contributed by atoms with Gasteiger partial charge in [-0.05, 0) is 54.1 Å². The predicted molar refractivity (Wildman–Crippen MR) is 124 cm³/mol. The Morgan fingerprint density at radius 2 is 1.97 bits per heavy atom. The van der Waals surface area contributed by atoms with E-state index in [9.17, 15) is 14.4 Å². The van der Waals surface area contributed by atoms with E-state index in [1.807, 2.05) is 24.3 Å². The number of amides is 1. The van der Waals surface area contributed by atoms with E-state index in [0.717, 1.165) is 16.6 Å². The third-order valence-electron chi connectivity index (χ3n) is 4.53. The van der Waals surface area contributed by atoms with Gasteiger partial charge >= 0.3 is 0 Å². The molecule has 0 atom stereocenters. The van der Waals surface area contributed by atoms with Gasteiger partial charge < -0.3 is 15.0 Å². The average Bonchev–Trinajstić information content (AvgIpc) is 3.23. The third kappa shape index (κ3) is 5.02. The molecule has 1 aromatic heterocycles. The van der Waals surface area contributed by atoms with Gasteiger partial charge in [0.25, 0.3) is 5.91 Å². The molecule has 4 rings (SSSR count). The molecule has 2 N–H and O–H groups in total. The Morgan fingerprint density at radius 1 is 1.19 bits per heavy atom. The molecule has 4 aromatic rings. The lowest BCUT2D eigenvalue weighted by Crippen LogP contribution is -2.20. The van der Waals surface area contributed by atoms with Crippen LogP contribution in [0.3, 0.4) is 0 Å². The van der Waals surface area contributed by atoms with E-state index in [1.165, 1.54) is 12.1 Å². The van der Waals surface area contributed by atoms with Crippen molar-refractivity contribution in [2.24, 2.45) is 0 Å². The van der Waals surface area contributed by atoms with Crippen molar-refractivity contribution in [1.29, 1.82) is 5.26 Å². The van der Waals surface area contributed by atoms with E-state index in [-0.39, 0.29) is 12.3 Å². The topological polar surface area (TPSA) is 90.8 Å². The van der Waals surface area contributed by atoms with Gasteiger partial charge in [0.15, 0.2) is 6.61 Å². The lowest BCUT2D eigenvalue weighted by molar-refractivity contribution is -0.118. The number of hydrogen-bond donors (Lipinski definition) is 2. The number of hydrogen-bond acceptors (Lipinski definition) is 4. The Kier molecular flexibility index (Phi) is 6.29. The molecule has 0 radical (unpaired) electrons. The minimum atomic E-state index is -0.540. The smallest absolute Gasteiger partial charge is 0.262 e. The summed E-state index contributed by atoms with van der Waals surface area (Å²) in [7, 11) is 0. The van der Waals surface area contributed by atoms with Crippen molar-refractivity contribution in [3.8, 4) is 11.8 Å². The second-order valence-electron chi connectivity index (χ2n) is 6.80. The molecule has 3 aromatic carbocycles. The first-order chi connectivity index (χ1) is 15.5. The van der Waals surface area contributed by atoms with Gasteiger partial charge in [0, 0.05) is 4.47 Å². The quantitative estimate of drug-likeness (QED) is 0.346. The summed E-state index contributed by atoms with van der Waals surface area (Å²) >= 11 is 3.17. The number of anilines is 1. The number of aromatic amines is 1. The summed E-state index contributed by atoms with van der Waals surface area (Å²) in [5.41, 5.74) is 2.89. The number of nitrogens with one attached hydrogen (secondary N) is 2. The summed E-state index contributed by atoms with van der Waals surface area (Å²) in [4.78, 5) is 19.6. The molecule has 0 saturated carbocycles. The van der Waals surface area contributed by atoms with Crippen molar-refractivity contribution < 1.29 is 13.9 Å². The molecule has 1 amide bonds. The Balaban J connectivity index is 1.40. The number of aromatic nitrogens is 2. The molecule has 0 fully saturated rings. The lowest BCUT2D eigenvalue weighted by Gasteiger charge is -2.09. The molecule has 6 nitrogen and oxygen atoms in total. The zero-order valence-electron chi connectivity index (χ0n) is 16.6. The molecule has 158 valence electrons. The molecule has 0 aliphatic carbocycles. The summed E-state index contributed by atoms with van der Waals surface area (Å²) < 4.78 is 19.9. The SMILES string of the molecule is N#C/C(=C\c1ccc(OCC(=O)Nc2ccc(Br)cc2F)cc1)c1nc2ccccc2[nH]1. The van der Waals surface area contributed by atoms with Crippen molar-refractivity contribution in [3.05, 3.63) is 88.4 Å². The van der Waals surface area contributed by atoms with Gasteiger partial charge in [-0.25, -0.2) is 9.37 Å². The van der Waals surface area contributed by atoms with Crippen LogP contribution in [0.4, 0.5) is 10.1 Å². The number of H-pyrrole nitrogens is 1. The van der Waals surface area contributed by atoms with Crippen LogP contribution in [0.5, 0.6) is 5.75 Å². The fourth-order valence-electron chi connectivity index (χ4n) is 2.99. The van der Waals surface area contributed by atoms with Gasteiger partial charge in [-0.3, -0.25) is 4.79 Å². The largest absolute Gasteiger partial charge is 0.484 e. The van der Waals surface area contributed by atoms with Crippen LogP contribution < -0.4 is 10.1 Å². The number of benzene rings is 3. The van der Waals surface area contributed by atoms with Crippen LogP contribution in [0.15, 0.2) is 71.2 Å². The number of para-hydroxylation sites is 2. The number of carbonyl (C=O) groups is 1. The number of carbonyl (C=O) groups excluding carboxylic acids is 1. The van der Waals surface area contributed by atoms with Gasteiger partial charge in [-0.15, -0.1) is 0 Å². The van der Waals surface area contributed by atoms with Crippen LogP contribution in [-0.2, 0) is 4.79 Å². The zero-order chi connectivity index (χ0) is 22.5. The first-order valence-electron chi connectivity index (χ1n) is 9.56. The highest BCUT2D eigenvalue weighted by molar-refractivity contribution is 9.10. The van der Waals surface area contributed by atoms with Gasteiger partial charge in [0.05, 0.1) is 22.3 Å². The first kappa shape index (κ1) is 21.3. The number of allylic oxidation sites excluding steroid dienone is 1. The van der Waals surface area contributed by atoms with Crippen LogP contribution in [-0.4, -0.2) is 22.5 Å². The maximum atomic E-state index is 13.8. The molecular formula is C24H16BrFN4O2. The number of nitriles is 1. The first-order valence-corrected chi connectivity index (χ1v) is 10.4. The van der Waals surface area contributed by atoms with Gasteiger partial charge in [-0.1, -0.05) is 40.2 Å². The lowest BCUT2D eigenvalue weighted by atomic mass is 10.1. The highest BCUT2D eigenvalue weighted by Gasteiger charge is 2.09. The molecular weight excluding hydrogens is 475 g/mol. The van der Waals surface area contributed by atoms with E-state index < -0.39 is 11.7 Å². The molecule has 0 saturated heterocycles. The second kappa shape index (κ2) is 9.45. The normalized spacial score (nSPS) is 11.2. The highest BCUT2D eigenvalue weighted by Crippen LogP contribution is 2.21. The number of ether oxygens (including phenoxy) is 1. The summed E-state index contributed by atoms with van der Waals surface area (Å²) in [6, 6.07) is 21.0. The fraction of sp³-hybridized carbons (Fsp3) is 0.0417. The second-order valence-corrected chi connectivity index (χ2v) is 7.72. The highest BCUT2D eigenvalue weighted by atomic mass is 79.9. The predicted octanol–water partition coefficient (Wildman–Crippen LogP) is 5.55. The Labute approximate surface area is 191 Å². The van der Waals surface area contributed by atoms with E-state index in [4.69, 9.17) is 4.74 Å². The van der Waals surface area contributed by atoms with Crippen LogP contribution in [0.2, 0.25) is 0 Å². The van der Waals surface area contributed by atoms with Crippen LogP contribution in [0.1, 0.15) is 11.4 Å². The zero-order valence-corrected chi connectivity index (χ0v) is 18.2. The molecule has 1 heterocycles. The summed E-state index contributed by atoms with van der Waals surface area (Å²) in [6.07, 6.45) is 1.71. The van der Waals surface area contributed by atoms with E-state index in [2.05, 4.69) is 37.3 Å². The molecule has 0 unspecified atom stereocenters. The minimum Gasteiger partial charge on any atom is -0.484 e. The van der Waals surface area contributed by atoms with Gasteiger partial charge in [0.2, 0.25) is 0 Å². The Morgan fingerprint density at radius 3 is 2.69 bits per heavy atom. The molecule has 32 heavy (non-hydrogen) atoms. The number of imidazole rings is 1. The summed E-state index contributed by atoms with van der Waals surface area (Å²) in [5, 5.41) is 12.0. The Hall–Kier alpha value is -3.96. The van der Waals surface area contributed by atoms with Crippen molar-refractivity contribution >= 4 is 50.2 Å². The van der Waals surface area contributed by atoms with Crippen LogP contribution >= 0.6 is 15.9 Å².